The molecule has 1 heterocycles. The first-order valence-electron chi connectivity index (χ1n) is 21.1. The molecule has 0 aliphatic heterocycles. The van der Waals surface area contributed by atoms with E-state index < -0.39 is 5.41 Å². The van der Waals surface area contributed by atoms with Gasteiger partial charge in [0, 0.05) is 33.1 Å². The molecule has 0 atom stereocenters. The molecular weight excluding hydrogens is 737 g/mol. The minimum atomic E-state index is -0.528. The molecule has 286 valence electrons. The van der Waals surface area contributed by atoms with Gasteiger partial charge in [0.25, 0.3) is 0 Å². The molecule has 1 aromatic heterocycles. The second kappa shape index (κ2) is 14.1. The van der Waals surface area contributed by atoms with Crippen LogP contribution in [0.5, 0.6) is 0 Å². The molecule has 12 rings (SSSR count). The Morgan fingerprint density at radius 2 is 0.984 bits per heavy atom. The van der Waals surface area contributed by atoms with E-state index in [0.29, 0.717) is 0 Å². The van der Waals surface area contributed by atoms with Crippen LogP contribution in [0.15, 0.2) is 243 Å². The van der Waals surface area contributed by atoms with Crippen LogP contribution in [-0.4, -0.2) is 4.57 Å². The highest BCUT2D eigenvalue weighted by atomic mass is 15.2. The zero-order valence-electron chi connectivity index (χ0n) is 33.5. The van der Waals surface area contributed by atoms with Crippen LogP contribution < -0.4 is 4.90 Å². The maximum Gasteiger partial charge on any atom is 0.0714 e. The van der Waals surface area contributed by atoms with Gasteiger partial charge in [0.2, 0.25) is 0 Å². The van der Waals surface area contributed by atoms with E-state index in [0.717, 1.165) is 22.7 Å². The summed E-state index contributed by atoms with van der Waals surface area (Å²) in [6, 6.07) is 89.1. The summed E-state index contributed by atoms with van der Waals surface area (Å²) in [7, 11) is 0. The van der Waals surface area contributed by atoms with Gasteiger partial charge >= 0.3 is 0 Å². The van der Waals surface area contributed by atoms with E-state index in [1.807, 2.05) is 0 Å². The van der Waals surface area contributed by atoms with Gasteiger partial charge in [0.1, 0.15) is 0 Å². The summed E-state index contributed by atoms with van der Waals surface area (Å²) >= 11 is 0. The topological polar surface area (TPSA) is 8.17 Å². The molecular formula is C59H40N2. The second-order valence-electron chi connectivity index (χ2n) is 16.0. The van der Waals surface area contributed by atoms with Gasteiger partial charge in [-0.15, -0.1) is 0 Å². The van der Waals surface area contributed by atoms with Crippen LogP contribution >= 0.6 is 0 Å². The van der Waals surface area contributed by atoms with Crippen LogP contribution in [-0.2, 0) is 5.41 Å². The van der Waals surface area contributed by atoms with Gasteiger partial charge in [-0.25, -0.2) is 0 Å². The van der Waals surface area contributed by atoms with Crippen LogP contribution in [0.1, 0.15) is 22.3 Å². The van der Waals surface area contributed by atoms with Crippen LogP contribution in [0.2, 0.25) is 0 Å². The fourth-order valence-electron chi connectivity index (χ4n) is 10.3. The predicted molar refractivity (Wildman–Crippen MR) is 256 cm³/mol. The summed E-state index contributed by atoms with van der Waals surface area (Å²) in [5, 5.41) is 4.81. The molecule has 1 aliphatic rings. The minimum absolute atomic E-state index is 0.528. The smallest absolute Gasteiger partial charge is 0.0714 e. The summed E-state index contributed by atoms with van der Waals surface area (Å²) in [5.74, 6) is 0. The van der Waals surface area contributed by atoms with Crippen molar-refractivity contribution in [2.75, 3.05) is 4.90 Å². The fraction of sp³-hybridized carbons (Fsp3) is 0.0169. The van der Waals surface area contributed by atoms with Crippen molar-refractivity contribution >= 4 is 49.6 Å². The molecule has 2 nitrogen and oxygen atoms in total. The van der Waals surface area contributed by atoms with E-state index in [2.05, 4.69) is 252 Å². The third kappa shape index (κ3) is 5.29. The van der Waals surface area contributed by atoms with Crippen LogP contribution in [0.4, 0.5) is 17.1 Å². The van der Waals surface area contributed by atoms with Crippen molar-refractivity contribution < 1.29 is 0 Å². The molecule has 1 aliphatic carbocycles. The highest BCUT2D eigenvalue weighted by Gasteiger charge is 2.47. The third-order valence-electron chi connectivity index (χ3n) is 12.8. The van der Waals surface area contributed by atoms with Gasteiger partial charge in [-0.05, 0) is 92.9 Å². The molecule has 0 unspecified atom stereocenters. The molecule has 11 aromatic rings. The molecule has 2 heteroatoms. The summed E-state index contributed by atoms with van der Waals surface area (Å²) in [5.41, 5.74) is 16.3. The molecule has 61 heavy (non-hydrogen) atoms. The molecule has 10 aromatic carbocycles. The number of aromatic nitrogens is 1. The Kier molecular flexibility index (Phi) is 8.11. The normalized spacial score (nSPS) is 12.7. The number of nitrogens with zero attached hydrogens (tertiary/aromatic N) is 2. The summed E-state index contributed by atoms with van der Waals surface area (Å²) in [4.78, 5) is 2.54. The molecule has 0 saturated heterocycles. The minimum Gasteiger partial charge on any atom is -0.309 e. The van der Waals surface area contributed by atoms with E-state index in [1.54, 1.807) is 0 Å². The molecule has 0 spiro atoms. The van der Waals surface area contributed by atoms with Crippen molar-refractivity contribution in [2.45, 2.75) is 5.41 Å². The number of rotatable bonds is 7. The molecule has 0 amide bonds. The Labute approximate surface area is 355 Å². The largest absolute Gasteiger partial charge is 0.309 e. The molecule has 0 radical (unpaired) electrons. The Bertz CT molecular complexity index is 3350. The number of anilines is 3. The maximum absolute atomic E-state index is 2.54. The van der Waals surface area contributed by atoms with E-state index in [9.17, 15) is 0 Å². The SMILES string of the molecule is c1ccc(-c2ccc3c(c2)c2c(N(c4ccccc4)c4cccc5c4-c4ccccc4C5(c4ccccc4)c4ccccc4)cc4ccccc4c2n3-c2ccccc2)cc1. The van der Waals surface area contributed by atoms with Crippen molar-refractivity contribution in [3.63, 3.8) is 0 Å². The first kappa shape index (κ1) is 35.0. The number of para-hydroxylation sites is 2. The van der Waals surface area contributed by atoms with Crippen molar-refractivity contribution in [1.82, 2.24) is 4.57 Å². The van der Waals surface area contributed by atoms with E-state index in [-0.39, 0.29) is 0 Å². The average molecular weight is 777 g/mol. The van der Waals surface area contributed by atoms with Crippen molar-refractivity contribution in [3.05, 3.63) is 265 Å². The zero-order chi connectivity index (χ0) is 40.3. The lowest BCUT2D eigenvalue weighted by molar-refractivity contribution is 0.768. The van der Waals surface area contributed by atoms with Gasteiger partial charge in [-0.3, -0.25) is 0 Å². The van der Waals surface area contributed by atoms with Crippen LogP contribution in [0.3, 0.4) is 0 Å². The number of fused-ring (bicyclic) bond motifs is 8. The number of hydrogen-bond donors (Lipinski definition) is 0. The second-order valence-corrected chi connectivity index (χ2v) is 16.0. The standard InChI is InChI=1S/C59H40N2/c1-6-21-41(22-7-1)42-37-38-53-50(39-42)57-55(40-43-23-16-17-32-48(43)58(57)61(53)47-30-14-5-15-31-47)60(46-28-12-4-13-29-46)54-36-20-35-52-56(54)49-33-18-19-34-51(49)59(52,44-24-8-2-9-25-44)45-26-10-3-11-27-45/h1-40H. The monoisotopic (exact) mass is 776 g/mol. The Morgan fingerprint density at radius 3 is 1.70 bits per heavy atom. The number of hydrogen-bond acceptors (Lipinski definition) is 1. The molecule has 0 N–H and O–H groups in total. The quantitative estimate of drug-likeness (QED) is 0.156. The highest BCUT2D eigenvalue weighted by Crippen LogP contribution is 2.60. The number of benzene rings is 10. The summed E-state index contributed by atoms with van der Waals surface area (Å²) in [6.45, 7) is 0. The van der Waals surface area contributed by atoms with Gasteiger partial charge in [-0.1, -0.05) is 194 Å². The first-order valence-corrected chi connectivity index (χ1v) is 21.1. The molecule has 0 saturated carbocycles. The van der Waals surface area contributed by atoms with Gasteiger partial charge in [-0.2, -0.15) is 0 Å². The van der Waals surface area contributed by atoms with Crippen molar-refractivity contribution in [1.29, 1.82) is 0 Å². The fourth-order valence-corrected chi connectivity index (χ4v) is 10.3. The average Bonchev–Trinajstić information content (AvgIpc) is 3.85. The predicted octanol–water partition coefficient (Wildman–Crippen LogP) is 15.4. The Morgan fingerprint density at radius 1 is 0.393 bits per heavy atom. The van der Waals surface area contributed by atoms with E-state index in [1.165, 1.54) is 77.1 Å². The lowest BCUT2D eigenvalue weighted by Crippen LogP contribution is -2.28. The van der Waals surface area contributed by atoms with Gasteiger partial charge in [0.15, 0.2) is 0 Å². The molecule has 0 fully saturated rings. The van der Waals surface area contributed by atoms with Gasteiger partial charge in [0.05, 0.1) is 27.8 Å². The maximum atomic E-state index is 2.54. The summed E-state index contributed by atoms with van der Waals surface area (Å²) < 4.78 is 2.48. The van der Waals surface area contributed by atoms with E-state index in [4.69, 9.17) is 0 Å². The third-order valence-corrected chi connectivity index (χ3v) is 12.8. The zero-order valence-corrected chi connectivity index (χ0v) is 33.5. The van der Waals surface area contributed by atoms with Crippen LogP contribution in [0.25, 0.3) is 60.5 Å². The van der Waals surface area contributed by atoms with Crippen molar-refractivity contribution in [3.8, 4) is 27.9 Å². The van der Waals surface area contributed by atoms with Gasteiger partial charge < -0.3 is 9.47 Å². The van der Waals surface area contributed by atoms with Crippen molar-refractivity contribution in [2.24, 2.45) is 0 Å². The Hall–Kier alpha value is -7.94. The van der Waals surface area contributed by atoms with E-state index >= 15 is 0 Å². The Balaban J connectivity index is 1.25. The molecule has 0 bridgehead atoms. The highest BCUT2D eigenvalue weighted by molar-refractivity contribution is 6.25. The summed E-state index contributed by atoms with van der Waals surface area (Å²) in [6.07, 6.45) is 0. The lowest BCUT2D eigenvalue weighted by Gasteiger charge is -2.34. The van der Waals surface area contributed by atoms with Crippen LogP contribution in [0, 0.1) is 0 Å². The lowest BCUT2D eigenvalue weighted by atomic mass is 9.68. The first-order chi connectivity index (χ1) is 30.3.